The van der Waals surface area contributed by atoms with Gasteiger partial charge < -0.3 is 9.47 Å². The highest BCUT2D eigenvalue weighted by Crippen LogP contribution is 2.25. The minimum Gasteiger partial charge on any atom is -0.459 e. The second-order valence-electron chi connectivity index (χ2n) is 3.21. The first-order chi connectivity index (χ1) is 6.91. The van der Waals surface area contributed by atoms with Gasteiger partial charge >= 0.3 is 12.1 Å². The summed E-state index contributed by atoms with van der Waals surface area (Å²) in [5, 5.41) is 0. The maximum Gasteiger partial charge on any atom is 0.422 e. The summed E-state index contributed by atoms with van der Waals surface area (Å²) < 4.78 is 45.4. The highest BCUT2D eigenvalue weighted by molar-refractivity contribution is 5.89. The zero-order valence-electron chi connectivity index (χ0n) is 7.97. The number of carbonyl (C=O) groups excluding carboxylic acids is 1. The van der Waals surface area contributed by atoms with E-state index in [4.69, 9.17) is 4.74 Å². The second kappa shape index (κ2) is 4.65. The summed E-state index contributed by atoms with van der Waals surface area (Å²) in [7, 11) is 0. The zero-order valence-corrected chi connectivity index (χ0v) is 7.97. The molecule has 0 bridgehead atoms. The van der Waals surface area contributed by atoms with E-state index < -0.39 is 17.7 Å². The molecule has 0 amide bonds. The number of hydrogen-bond donors (Lipinski definition) is 0. The van der Waals surface area contributed by atoms with E-state index in [1.54, 1.807) is 0 Å². The van der Waals surface area contributed by atoms with Crippen LogP contribution in [0.2, 0.25) is 0 Å². The molecule has 0 radical (unpaired) electrons. The van der Waals surface area contributed by atoms with E-state index in [0.29, 0.717) is 13.0 Å². The summed E-state index contributed by atoms with van der Waals surface area (Å²) in [4.78, 5) is 10.8. The van der Waals surface area contributed by atoms with Crippen LogP contribution < -0.4 is 0 Å². The van der Waals surface area contributed by atoms with Crippen LogP contribution >= 0.6 is 0 Å². The average molecular weight is 224 g/mol. The molecule has 1 atom stereocenters. The first-order valence-electron chi connectivity index (χ1n) is 4.46. The summed E-state index contributed by atoms with van der Waals surface area (Å²) in [5.41, 5.74) is -1.49. The van der Waals surface area contributed by atoms with Gasteiger partial charge in [-0.1, -0.05) is 6.58 Å². The van der Waals surface area contributed by atoms with Crippen LogP contribution in [0.25, 0.3) is 0 Å². The van der Waals surface area contributed by atoms with E-state index >= 15 is 0 Å². The predicted octanol–water partition coefficient (Wildman–Crippen LogP) is 1.83. The van der Waals surface area contributed by atoms with Crippen molar-refractivity contribution in [2.45, 2.75) is 25.1 Å². The van der Waals surface area contributed by atoms with Gasteiger partial charge in [0.1, 0.15) is 12.2 Å². The molecule has 0 N–H and O–H groups in total. The highest BCUT2D eigenvalue weighted by Gasteiger charge is 2.38. The van der Waals surface area contributed by atoms with Crippen LogP contribution in [0.15, 0.2) is 12.2 Å². The van der Waals surface area contributed by atoms with Gasteiger partial charge in [0.25, 0.3) is 0 Å². The summed E-state index contributed by atoms with van der Waals surface area (Å²) in [5.74, 6) is -1.43. The lowest BCUT2D eigenvalue weighted by molar-refractivity contribution is -0.153. The van der Waals surface area contributed by atoms with Crippen LogP contribution in [0.4, 0.5) is 13.2 Å². The number of alkyl halides is 3. The fourth-order valence-corrected chi connectivity index (χ4v) is 1.15. The Hall–Kier alpha value is -1.04. The van der Waals surface area contributed by atoms with E-state index in [1.807, 2.05) is 0 Å². The molecular weight excluding hydrogens is 213 g/mol. The fraction of sp³-hybridized carbons (Fsp3) is 0.667. The number of rotatable bonds is 3. The third kappa shape index (κ3) is 3.54. The molecule has 1 fully saturated rings. The third-order valence-corrected chi connectivity index (χ3v) is 2.01. The smallest absolute Gasteiger partial charge is 0.422 e. The van der Waals surface area contributed by atoms with Crippen molar-refractivity contribution in [1.29, 1.82) is 0 Å². The van der Waals surface area contributed by atoms with Crippen molar-refractivity contribution in [2.75, 3.05) is 13.2 Å². The van der Waals surface area contributed by atoms with Gasteiger partial charge in [-0.2, -0.15) is 13.2 Å². The van der Waals surface area contributed by atoms with Gasteiger partial charge in [-0.15, -0.1) is 0 Å². The van der Waals surface area contributed by atoms with Gasteiger partial charge in [-0.25, -0.2) is 4.79 Å². The van der Waals surface area contributed by atoms with E-state index in [1.165, 1.54) is 0 Å². The van der Waals surface area contributed by atoms with E-state index in [-0.39, 0.29) is 12.7 Å². The average Bonchev–Trinajstić information content (AvgIpc) is 2.63. The van der Waals surface area contributed by atoms with E-state index in [0.717, 1.165) is 6.42 Å². The van der Waals surface area contributed by atoms with Gasteiger partial charge in [0.05, 0.1) is 6.10 Å². The molecule has 0 aromatic carbocycles. The van der Waals surface area contributed by atoms with Crippen LogP contribution in [-0.2, 0) is 14.3 Å². The molecule has 1 saturated heterocycles. The Kier molecular flexibility index (Phi) is 3.73. The minimum absolute atomic E-state index is 0.145. The molecule has 0 aliphatic carbocycles. The lowest BCUT2D eigenvalue weighted by Crippen LogP contribution is -2.24. The number of hydrogen-bond acceptors (Lipinski definition) is 3. The summed E-state index contributed by atoms with van der Waals surface area (Å²) in [6, 6.07) is 0. The van der Waals surface area contributed by atoms with Crippen molar-refractivity contribution < 1.29 is 27.4 Å². The third-order valence-electron chi connectivity index (χ3n) is 2.01. The predicted molar refractivity (Wildman–Crippen MR) is 45.1 cm³/mol. The molecule has 1 rings (SSSR count). The molecule has 0 spiro atoms. The molecule has 15 heavy (non-hydrogen) atoms. The van der Waals surface area contributed by atoms with Crippen LogP contribution in [0, 0.1) is 0 Å². The van der Waals surface area contributed by atoms with Crippen LogP contribution in [-0.4, -0.2) is 31.5 Å². The largest absolute Gasteiger partial charge is 0.459 e. The minimum atomic E-state index is -4.73. The molecule has 0 aromatic heterocycles. The van der Waals surface area contributed by atoms with Crippen molar-refractivity contribution in [3.05, 3.63) is 12.2 Å². The lowest BCUT2D eigenvalue weighted by atomic mass is 10.2. The fourth-order valence-electron chi connectivity index (χ4n) is 1.15. The first-order valence-corrected chi connectivity index (χ1v) is 4.46. The number of esters is 1. The normalized spacial score (nSPS) is 21.4. The molecule has 3 nitrogen and oxygen atoms in total. The van der Waals surface area contributed by atoms with Gasteiger partial charge in [0, 0.05) is 6.61 Å². The van der Waals surface area contributed by atoms with Gasteiger partial charge in [0.2, 0.25) is 0 Å². The van der Waals surface area contributed by atoms with Gasteiger partial charge in [-0.05, 0) is 12.8 Å². The standard InChI is InChI=1S/C9H11F3O3/c1-6(9(10,11)12)8(13)15-5-7-3-2-4-14-7/h7H,1-5H2. The van der Waals surface area contributed by atoms with Crippen molar-refractivity contribution in [3.8, 4) is 0 Å². The summed E-state index contributed by atoms with van der Waals surface area (Å²) >= 11 is 0. The Bertz CT molecular complexity index is 254. The Morgan fingerprint density at radius 2 is 2.20 bits per heavy atom. The van der Waals surface area contributed by atoms with Gasteiger partial charge in [0.15, 0.2) is 0 Å². The quantitative estimate of drug-likeness (QED) is 0.542. The number of carbonyl (C=O) groups is 1. The zero-order chi connectivity index (χ0) is 11.5. The molecule has 1 aliphatic heterocycles. The van der Waals surface area contributed by atoms with Crippen molar-refractivity contribution in [2.24, 2.45) is 0 Å². The Balaban J connectivity index is 2.32. The lowest BCUT2D eigenvalue weighted by Gasteiger charge is -2.12. The Morgan fingerprint density at radius 3 is 2.67 bits per heavy atom. The monoisotopic (exact) mass is 224 g/mol. The van der Waals surface area contributed by atoms with Crippen molar-refractivity contribution in [3.63, 3.8) is 0 Å². The topological polar surface area (TPSA) is 35.5 Å². The number of ether oxygens (including phenoxy) is 2. The summed E-state index contributed by atoms with van der Waals surface area (Å²) in [6.45, 7) is 3.04. The second-order valence-corrected chi connectivity index (χ2v) is 3.21. The van der Waals surface area contributed by atoms with Gasteiger partial charge in [-0.3, -0.25) is 0 Å². The van der Waals surface area contributed by atoms with Crippen LogP contribution in [0.5, 0.6) is 0 Å². The molecule has 1 heterocycles. The molecular formula is C9H11F3O3. The maximum atomic E-state index is 12.0. The SMILES string of the molecule is C=C(C(=O)OCC1CCCO1)C(F)(F)F. The van der Waals surface area contributed by atoms with E-state index in [2.05, 4.69) is 11.3 Å². The first kappa shape index (κ1) is 12.0. The van der Waals surface area contributed by atoms with E-state index in [9.17, 15) is 18.0 Å². The van der Waals surface area contributed by atoms with Crippen LogP contribution in [0.1, 0.15) is 12.8 Å². The molecule has 0 saturated carbocycles. The van der Waals surface area contributed by atoms with Crippen molar-refractivity contribution in [1.82, 2.24) is 0 Å². The molecule has 0 aromatic rings. The maximum absolute atomic E-state index is 12.0. The van der Waals surface area contributed by atoms with Crippen molar-refractivity contribution >= 4 is 5.97 Å². The Morgan fingerprint density at radius 1 is 1.53 bits per heavy atom. The number of halogens is 3. The molecule has 6 heteroatoms. The van der Waals surface area contributed by atoms with Crippen LogP contribution in [0.3, 0.4) is 0 Å². The summed E-state index contributed by atoms with van der Waals surface area (Å²) in [6.07, 6.45) is -3.48. The molecule has 86 valence electrons. The Labute approximate surface area is 84.8 Å². The molecule has 1 unspecified atom stereocenters. The highest BCUT2D eigenvalue weighted by atomic mass is 19.4. The molecule has 1 aliphatic rings.